The standard InChI is InChI=1S/C12H12ClN3O/c1-8-3-4-9(6-14-8)5-10-7-15-12(13)16-11(10)17-2/h3-4,6-7H,5H2,1-2H3. The molecule has 0 aliphatic heterocycles. The molecule has 2 rings (SSSR count). The van der Waals surface area contributed by atoms with Gasteiger partial charge in [0.2, 0.25) is 11.2 Å². The lowest BCUT2D eigenvalue weighted by molar-refractivity contribution is 0.392. The van der Waals surface area contributed by atoms with Gasteiger partial charge < -0.3 is 4.74 Å². The number of hydrogen-bond acceptors (Lipinski definition) is 4. The fourth-order valence-electron chi connectivity index (χ4n) is 1.49. The van der Waals surface area contributed by atoms with E-state index in [0.29, 0.717) is 12.3 Å². The second-order valence-electron chi connectivity index (χ2n) is 3.66. The highest BCUT2D eigenvalue weighted by atomic mass is 35.5. The molecule has 0 unspecified atom stereocenters. The molecule has 0 radical (unpaired) electrons. The van der Waals surface area contributed by atoms with E-state index in [2.05, 4.69) is 15.0 Å². The normalized spacial score (nSPS) is 10.3. The van der Waals surface area contributed by atoms with Crippen molar-refractivity contribution in [3.05, 3.63) is 46.6 Å². The number of halogens is 1. The summed E-state index contributed by atoms with van der Waals surface area (Å²) >= 11 is 5.70. The van der Waals surface area contributed by atoms with Crippen molar-refractivity contribution >= 4 is 11.6 Å². The number of nitrogens with zero attached hydrogens (tertiary/aromatic N) is 3. The lowest BCUT2D eigenvalue weighted by atomic mass is 10.1. The van der Waals surface area contributed by atoms with Gasteiger partial charge in [-0.1, -0.05) is 6.07 Å². The van der Waals surface area contributed by atoms with E-state index in [-0.39, 0.29) is 5.28 Å². The van der Waals surface area contributed by atoms with Gasteiger partial charge in [0.25, 0.3) is 0 Å². The first-order chi connectivity index (χ1) is 8.19. The van der Waals surface area contributed by atoms with Gasteiger partial charge in [0.1, 0.15) is 0 Å². The SMILES string of the molecule is COc1nc(Cl)ncc1Cc1ccc(C)nc1. The van der Waals surface area contributed by atoms with E-state index in [4.69, 9.17) is 16.3 Å². The molecule has 0 saturated heterocycles. The Hall–Kier alpha value is -1.68. The number of hydrogen-bond donors (Lipinski definition) is 0. The number of aryl methyl sites for hydroxylation is 1. The second kappa shape index (κ2) is 5.10. The van der Waals surface area contributed by atoms with Crippen molar-refractivity contribution in [3.8, 4) is 5.88 Å². The van der Waals surface area contributed by atoms with Gasteiger partial charge in [0, 0.05) is 30.1 Å². The Bertz CT molecular complexity index is 514. The summed E-state index contributed by atoms with van der Waals surface area (Å²) in [5.41, 5.74) is 2.97. The van der Waals surface area contributed by atoms with Crippen molar-refractivity contribution in [3.63, 3.8) is 0 Å². The summed E-state index contributed by atoms with van der Waals surface area (Å²) in [5.74, 6) is 0.505. The third-order valence-corrected chi connectivity index (χ3v) is 2.54. The number of pyridine rings is 1. The third kappa shape index (κ3) is 2.91. The highest BCUT2D eigenvalue weighted by molar-refractivity contribution is 6.28. The molecule has 0 aliphatic rings. The topological polar surface area (TPSA) is 47.9 Å². The molecule has 2 aromatic heterocycles. The van der Waals surface area contributed by atoms with Crippen LogP contribution in [0.3, 0.4) is 0 Å². The maximum atomic E-state index is 5.70. The minimum atomic E-state index is 0.188. The van der Waals surface area contributed by atoms with Gasteiger partial charge in [-0.2, -0.15) is 4.98 Å². The average Bonchev–Trinajstić information content (AvgIpc) is 2.34. The summed E-state index contributed by atoms with van der Waals surface area (Å²) in [6, 6.07) is 4.00. The molecule has 0 aliphatic carbocycles. The van der Waals surface area contributed by atoms with E-state index in [1.807, 2.05) is 25.3 Å². The average molecular weight is 250 g/mol. The van der Waals surface area contributed by atoms with E-state index in [1.165, 1.54) is 0 Å². The van der Waals surface area contributed by atoms with E-state index >= 15 is 0 Å². The van der Waals surface area contributed by atoms with Gasteiger partial charge in [0.05, 0.1) is 7.11 Å². The molecule has 88 valence electrons. The highest BCUT2D eigenvalue weighted by Gasteiger charge is 2.07. The van der Waals surface area contributed by atoms with Gasteiger partial charge in [-0.15, -0.1) is 0 Å². The van der Waals surface area contributed by atoms with Crippen LogP contribution < -0.4 is 4.74 Å². The highest BCUT2D eigenvalue weighted by Crippen LogP contribution is 2.19. The second-order valence-corrected chi connectivity index (χ2v) is 4.00. The van der Waals surface area contributed by atoms with Gasteiger partial charge in [-0.3, -0.25) is 4.98 Å². The molecule has 0 saturated carbocycles. The van der Waals surface area contributed by atoms with Crippen molar-refractivity contribution < 1.29 is 4.74 Å². The molecule has 0 amide bonds. The van der Waals surface area contributed by atoms with Gasteiger partial charge in [-0.25, -0.2) is 4.98 Å². The maximum absolute atomic E-state index is 5.70. The van der Waals surface area contributed by atoms with E-state index in [9.17, 15) is 0 Å². The molecule has 0 spiro atoms. The molecule has 5 heteroatoms. The van der Waals surface area contributed by atoms with E-state index < -0.39 is 0 Å². The van der Waals surface area contributed by atoms with E-state index in [1.54, 1.807) is 13.3 Å². The monoisotopic (exact) mass is 249 g/mol. The molecule has 2 heterocycles. The lowest BCUT2D eigenvalue weighted by Crippen LogP contribution is -1.99. The molecule has 0 bridgehead atoms. The molecule has 2 aromatic rings. The Labute approximate surface area is 105 Å². The Morgan fingerprint density at radius 2 is 2.06 bits per heavy atom. The number of rotatable bonds is 3. The first-order valence-electron chi connectivity index (χ1n) is 5.16. The fourth-order valence-corrected chi connectivity index (χ4v) is 1.62. The molecular weight excluding hydrogens is 238 g/mol. The quantitative estimate of drug-likeness (QED) is 0.784. The Morgan fingerprint density at radius 3 is 2.71 bits per heavy atom. The predicted molar refractivity (Wildman–Crippen MR) is 65.4 cm³/mol. The zero-order valence-corrected chi connectivity index (χ0v) is 10.4. The van der Waals surface area contributed by atoms with Crippen LogP contribution in [0.15, 0.2) is 24.5 Å². The van der Waals surface area contributed by atoms with Crippen LogP contribution in [0.2, 0.25) is 5.28 Å². The molecule has 4 nitrogen and oxygen atoms in total. The van der Waals surface area contributed by atoms with Crippen molar-refractivity contribution in [2.45, 2.75) is 13.3 Å². The van der Waals surface area contributed by atoms with Crippen LogP contribution in [0.25, 0.3) is 0 Å². The summed E-state index contributed by atoms with van der Waals surface area (Å²) < 4.78 is 5.17. The minimum absolute atomic E-state index is 0.188. The molecule has 0 atom stereocenters. The Kier molecular flexibility index (Phi) is 3.54. The zero-order valence-electron chi connectivity index (χ0n) is 9.64. The number of methoxy groups -OCH3 is 1. The summed E-state index contributed by atoms with van der Waals surface area (Å²) in [7, 11) is 1.57. The van der Waals surface area contributed by atoms with Crippen LogP contribution in [0, 0.1) is 6.92 Å². The lowest BCUT2D eigenvalue weighted by Gasteiger charge is -2.06. The Morgan fingerprint density at radius 1 is 1.24 bits per heavy atom. The zero-order chi connectivity index (χ0) is 12.3. The largest absolute Gasteiger partial charge is 0.481 e. The first-order valence-corrected chi connectivity index (χ1v) is 5.54. The number of ether oxygens (including phenoxy) is 1. The van der Waals surface area contributed by atoms with Crippen LogP contribution in [-0.4, -0.2) is 22.1 Å². The van der Waals surface area contributed by atoms with Gasteiger partial charge >= 0.3 is 0 Å². The molecule has 0 aromatic carbocycles. The van der Waals surface area contributed by atoms with Crippen LogP contribution >= 0.6 is 11.6 Å². The summed E-state index contributed by atoms with van der Waals surface area (Å²) in [6.45, 7) is 1.95. The fraction of sp³-hybridized carbons (Fsp3) is 0.250. The summed E-state index contributed by atoms with van der Waals surface area (Å²) in [5, 5.41) is 0.188. The van der Waals surface area contributed by atoms with Gasteiger partial charge in [-0.05, 0) is 30.2 Å². The van der Waals surface area contributed by atoms with Crippen molar-refractivity contribution in [2.24, 2.45) is 0 Å². The van der Waals surface area contributed by atoms with Crippen molar-refractivity contribution in [1.82, 2.24) is 15.0 Å². The van der Waals surface area contributed by atoms with Crippen LogP contribution in [0.5, 0.6) is 5.88 Å². The van der Waals surface area contributed by atoms with Crippen LogP contribution in [0.1, 0.15) is 16.8 Å². The Balaban J connectivity index is 2.26. The smallest absolute Gasteiger partial charge is 0.225 e. The number of aromatic nitrogens is 3. The summed E-state index contributed by atoms with van der Waals surface area (Å²) in [6.07, 6.45) is 4.19. The maximum Gasteiger partial charge on any atom is 0.225 e. The minimum Gasteiger partial charge on any atom is -0.481 e. The van der Waals surface area contributed by atoms with Gasteiger partial charge in [0.15, 0.2) is 0 Å². The third-order valence-electron chi connectivity index (χ3n) is 2.36. The molecule has 0 N–H and O–H groups in total. The predicted octanol–water partition coefficient (Wildman–Crippen LogP) is 2.43. The van der Waals surface area contributed by atoms with Crippen LogP contribution in [-0.2, 0) is 6.42 Å². The molecule has 0 fully saturated rings. The van der Waals surface area contributed by atoms with E-state index in [0.717, 1.165) is 16.8 Å². The molecular formula is C12H12ClN3O. The van der Waals surface area contributed by atoms with Crippen molar-refractivity contribution in [2.75, 3.05) is 7.11 Å². The van der Waals surface area contributed by atoms with Crippen LogP contribution in [0.4, 0.5) is 0 Å². The summed E-state index contributed by atoms with van der Waals surface area (Å²) in [4.78, 5) is 12.2. The first kappa shape index (κ1) is 11.8. The van der Waals surface area contributed by atoms with Crippen molar-refractivity contribution in [1.29, 1.82) is 0 Å². The molecule has 17 heavy (non-hydrogen) atoms.